The standard InChI is InChI=1S/C21H25FN4O2/c1-14-12-15(6-7-16(14)22)18-13-19(25-24-18)21(27)23-17-4-2-3-5-20(17)26-8-10-28-11-9-26/h2-7,12,18-19,24-25H,8-11,13H2,1H3,(H,23,27). The Morgan fingerprint density at radius 1 is 1.18 bits per heavy atom. The second kappa shape index (κ2) is 8.26. The van der Waals surface area contributed by atoms with E-state index in [1.807, 2.05) is 30.3 Å². The second-order valence-corrected chi connectivity index (χ2v) is 7.24. The van der Waals surface area contributed by atoms with Crippen molar-refractivity contribution in [2.75, 3.05) is 36.5 Å². The van der Waals surface area contributed by atoms with Gasteiger partial charge < -0.3 is 15.0 Å². The minimum Gasteiger partial charge on any atom is -0.378 e. The van der Waals surface area contributed by atoms with Gasteiger partial charge in [0.05, 0.1) is 24.6 Å². The number of hydrazine groups is 1. The number of morpholine rings is 1. The molecular weight excluding hydrogens is 359 g/mol. The average Bonchev–Trinajstić information content (AvgIpc) is 3.22. The van der Waals surface area contributed by atoms with E-state index in [9.17, 15) is 9.18 Å². The van der Waals surface area contributed by atoms with Crippen LogP contribution in [-0.4, -0.2) is 38.3 Å². The van der Waals surface area contributed by atoms with Gasteiger partial charge in [-0.15, -0.1) is 0 Å². The highest BCUT2D eigenvalue weighted by Gasteiger charge is 2.31. The molecule has 2 aromatic rings. The predicted molar refractivity (Wildman–Crippen MR) is 107 cm³/mol. The summed E-state index contributed by atoms with van der Waals surface area (Å²) in [5.41, 5.74) is 9.61. The fraction of sp³-hybridized carbons (Fsp3) is 0.381. The van der Waals surface area contributed by atoms with Crippen molar-refractivity contribution >= 4 is 17.3 Å². The van der Waals surface area contributed by atoms with Crippen LogP contribution in [0.1, 0.15) is 23.6 Å². The van der Waals surface area contributed by atoms with Crippen LogP contribution in [0.5, 0.6) is 0 Å². The van der Waals surface area contributed by atoms with Gasteiger partial charge in [0.25, 0.3) is 0 Å². The lowest BCUT2D eigenvalue weighted by Crippen LogP contribution is -2.40. The van der Waals surface area contributed by atoms with Gasteiger partial charge in [-0.25, -0.2) is 15.2 Å². The van der Waals surface area contributed by atoms with E-state index < -0.39 is 0 Å². The Balaban J connectivity index is 1.43. The molecule has 7 heteroatoms. The van der Waals surface area contributed by atoms with Crippen LogP contribution in [0.25, 0.3) is 0 Å². The molecule has 4 rings (SSSR count). The van der Waals surface area contributed by atoms with Crippen LogP contribution in [0.4, 0.5) is 15.8 Å². The minimum atomic E-state index is -0.367. The van der Waals surface area contributed by atoms with Gasteiger partial charge in [-0.2, -0.15) is 0 Å². The lowest BCUT2D eigenvalue weighted by molar-refractivity contribution is -0.117. The van der Waals surface area contributed by atoms with Crippen molar-refractivity contribution in [2.45, 2.75) is 25.4 Å². The Hall–Kier alpha value is -2.48. The molecule has 2 aliphatic rings. The van der Waals surface area contributed by atoms with Crippen molar-refractivity contribution in [3.63, 3.8) is 0 Å². The van der Waals surface area contributed by atoms with Crippen molar-refractivity contribution in [1.82, 2.24) is 10.9 Å². The van der Waals surface area contributed by atoms with Crippen molar-refractivity contribution < 1.29 is 13.9 Å². The number of nitrogens with zero attached hydrogens (tertiary/aromatic N) is 1. The number of amides is 1. The first-order valence-corrected chi connectivity index (χ1v) is 9.61. The zero-order valence-corrected chi connectivity index (χ0v) is 15.9. The van der Waals surface area contributed by atoms with E-state index in [-0.39, 0.29) is 23.8 Å². The molecule has 3 N–H and O–H groups in total. The Bertz CT molecular complexity index is 854. The molecule has 148 valence electrons. The summed E-state index contributed by atoms with van der Waals surface area (Å²) >= 11 is 0. The number of halogens is 1. The number of anilines is 2. The molecule has 0 aliphatic carbocycles. The summed E-state index contributed by atoms with van der Waals surface area (Å²) in [4.78, 5) is 15.1. The van der Waals surface area contributed by atoms with Crippen LogP contribution in [0, 0.1) is 12.7 Å². The van der Waals surface area contributed by atoms with E-state index in [0.717, 1.165) is 30.0 Å². The van der Waals surface area contributed by atoms with E-state index in [4.69, 9.17) is 4.74 Å². The molecule has 0 aromatic heterocycles. The number of hydrogen-bond acceptors (Lipinski definition) is 5. The van der Waals surface area contributed by atoms with E-state index in [1.54, 1.807) is 13.0 Å². The molecule has 2 unspecified atom stereocenters. The molecular formula is C21H25FN4O2. The molecule has 2 fully saturated rings. The molecule has 0 bridgehead atoms. The summed E-state index contributed by atoms with van der Waals surface area (Å²) in [7, 11) is 0. The summed E-state index contributed by atoms with van der Waals surface area (Å²) in [6.45, 7) is 4.74. The molecule has 2 saturated heterocycles. The lowest BCUT2D eigenvalue weighted by atomic mass is 10.00. The lowest BCUT2D eigenvalue weighted by Gasteiger charge is -2.30. The second-order valence-electron chi connectivity index (χ2n) is 7.24. The summed E-state index contributed by atoms with van der Waals surface area (Å²) < 4.78 is 18.9. The van der Waals surface area contributed by atoms with E-state index in [2.05, 4.69) is 21.1 Å². The Morgan fingerprint density at radius 3 is 2.75 bits per heavy atom. The third-order valence-corrected chi connectivity index (χ3v) is 5.32. The van der Waals surface area contributed by atoms with Gasteiger partial charge in [-0.3, -0.25) is 4.79 Å². The van der Waals surface area contributed by atoms with Crippen molar-refractivity contribution in [3.05, 3.63) is 59.4 Å². The molecule has 1 amide bonds. The number of rotatable bonds is 4. The van der Waals surface area contributed by atoms with Gasteiger partial charge in [0.2, 0.25) is 5.91 Å². The highest BCUT2D eigenvalue weighted by Crippen LogP contribution is 2.28. The van der Waals surface area contributed by atoms with Gasteiger partial charge in [0.1, 0.15) is 11.9 Å². The third-order valence-electron chi connectivity index (χ3n) is 5.32. The van der Waals surface area contributed by atoms with Gasteiger partial charge in [-0.1, -0.05) is 24.3 Å². The van der Waals surface area contributed by atoms with Gasteiger partial charge in [0, 0.05) is 19.1 Å². The normalized spacial score (nSPS) is 22.3. The fourth-order valence-corrected chi connectivity index (χ4v) is 3.71. The topological polar surface area (TPSA) is 65.6 Å². The maximum Gasteiger partial charge on any atom is 0.242 e. The van der Waals surface area contributed by atoms with Crippen LogP contribution in [0.15, 0.2) is 42.5 Å². The summed E-state index contributed by atoms with van der Waals surface area (Å²) in [5.74, 6) is -0.307. The van der Waals surface area contributed by atoms with Crippen molar-refractivity contribution in [2.24, 2.45) is 0 Å². The summed E-state index contributed by atoms with van der Waals surface area (Å²) in [6.07, 6.45) is 0.594. The molecule has 2 aliphatic heterocycles. The van der Waals surface area contributed by atoms with E-state index >= 15 is 0 Å². The number of ether oxygens (including phenoxy) is 1. The number of carbonyl (C=O) groups excluding carboxylic acids is 1. The molecule has 0 radical (unpaired) electrons. The molecule has 0 spiro atoms. The molecule has 28 heavy (non-hydrogen) atoms. The quantitative estimate of drug-likeness (QED) is 0.756. The Morgan fingerprint density at radius 2 is 1.96 bits per heavy atom. The number of aryl methyl sites for hydroxylation is 1. The van der Waals surface area contributed by atoms with Gasteiger partial charge in [0.15, 0.2) is 0 Å². The molecule has 0 saturated carbocycles. The number of hydrogen-bond donors (Lipinski definition) is 3. The number of nitrogens with one attached hydrogen (secondary N) is 3. The van der Waals surface area contributed by atoms with E-state index in [0.29, 0.717) is 25.2 Å². The number of benzene rings is 2. The monoisotopic (exact) mass is 384 g/mol. The van der Waals surface area contributed by atoms with Gasteiger partial charge >= 0.3 is 0 Å². The van der Waals surface area contributed by atoms with Gasteiger partial charge in [-0.05, 0) is 42.7 Å². The minimum absolute atomic E-state index is 0.0375. The third kappa shape index (κ3) is 4.01. The molecule has 2 heterocycles. The van der Waals surface area contributed by atoms with Crippen molar-refractivity contribution in [1.29, 1.82) is 0 Å². The van der Waals surface area contributed by atoms with Crippen LogP contribution < -0.4 is 21.1 Å². The highest BCUT2D eigenvalue weighted by atomic mass is 19.1. The van der Waals surface area contributed by atoms with E-state index in [1.165, 1.54) is 6.07 Å². The SMILES string of the molecule is Cc1cc(C2CC(C(=O)Nc3ccccc3N3CCOCC3)NN2)ccc1F. The molecule has 6 nitrogen and oxygen atoms in total. The van der Waals surface area contributed by atoms with Crippen molar-refractivity contribution in [3.8, 4) is 0 Å². The summed E-state index contributed by atoms with van der Waals surface area (Å²) in [5, 5.41) is 3.06. The number of para-hydroxylation sites is 2. The highest BCUT2D eigenvalue weighted by molar-refractivity contribution is 5.98. The zero-order valence-electron chi connectivity index (χ0n) is 15.9. The Kier molecular flexibility index (Phi) is 5.57. The van der Waals surface area contributed by atoms with Crippen LogP contribution in [0.2, 0.25) is 0 Å². The fourth-order valence-electron chi connectivity index (χ4n) is 3.71. The smallest absolute Gasteiger partial charge is 0.242 e. The zero-order chi connectivity index (χ0) is 19.5. The molecule has 2 aromatic carbocycles. The number of carbonyl (C=O) groups is 1. The van der Waals surface area contributed by atoms with Crippen LogP contribution >= 0.6 is 0 Å². The maximum atomic E-state index is 13.5. The largest absolute Gasteiger partial charge is 0.378 e. The Labute approximate surface area is 164 Å². The average molecular weight is 384 g/mol. The molecule has 2 atom stereocenters. The van der Waals surface area contributed by atoms with Crippen LogP contribution in [0.3, 0.4) is 0 Å². The first kappa shape index (κ1) is 18.9. The first-order chi connectivity index (χ1) is 13.6. The van der Waals surface area contributed by atoms with Crippen LogP contribution in [-0.2, 0) is 9.53 Å². The first-order valence-electron chi connectivity index (χ1n) is 9.61. The maximum absolute atomic E-state index is 13.5. The summed E-state index contributed by atoms with van der Waals surface area (Å²) in [6, 6.07) is 12.5. The predicted octanol–water partition coefficient (Wildman–Crippen LogP) is 2.52.